The SMILES string of the molecule is CC(CCN)NC(=O)C1CCOc2ccccc21. The van der Waals surface area contributed by atoms with Gasteiger partial charge in [-0.2, -0.15) is 0 Å². The summed E-state index contributed by atoms with van der Waals surface area (Å²) in [6.45, 7) is 3.17. The molecule has 1 amide bonds. The van der Waals surface area contributed by atoms with Crippen molar-refractivity contribution in [2.75, 3.05) is 13.2 Å². The zero-order valence-corrected chi connectivity index (χ0v) is 10.7. The van der Waals surface area contributed by atoms with Crippen LogP contribution in [0.4, 0.5) is 0 Å². The lowest BCUT2D eigenvalue weighted by Crippen LogP contribution is -2.38. The Bertz CT molecular complexity index is 420. The van der Waals surface area contributed by atoms with E-state index in [1.165, 1.54) is 0 Å². The normalized spacial score (nSPS) is 19.6. The average Bonchev–Trinajstić information content (AvgIpc) is 2.38. The Morgan fingerprint density at radius 3 is 3.11 bits per heavy atom. The van der Waals surface area contributed by atoms with Gasteiger partial charge in [-0.1, -0.05) is 18.2 Å². The van der Waals surface area contributed by atoms with Gasteiger partial charge in [0.05, 0.1) is 12.5 Å². The molecule has 0 aliphatic carbocycles. The number of nitrogens with two attached hydrogens (primary N) is 1. The third-order valence-corrected chi connectivity index (χ3v) is 3.26. The van der Waals surface area contributed by atoms with Gasteiger partial charge < -0.3 is 15.8 Å². The van der Waals surface area contributed by atoms with Crippen LogP contribution >= 0.6 is 0 Å². The second-order valence-electron chi connectivity index (χ2n) is 4.71. The summed E-state index contributed by atoms with van der Waals surface area (Å²) in [6, 6.07) is 7.87. The number of rotatable bonds is 4. The monoisotopic (exact) mass is 248 g/mol. The van der Waals surface area contributed by atoms with Crippen molar-refractivity contribution in [1.82, 2.24) is 5.32 Å². The van der Waals surface area contributed by atoms with Crippen molar-refractivity contribution < 1.29 is 9.53 Å². The topological polar surface area (TPSA) is 64.3 Å². The van der Waals surface area contributed by atoms with Crippen molar-refractivity contribution in [3.8, 4) is 5.75 Å². The largest absolute Gasteiger partial charge is 0.493 e. The van der Waals surface area contributed by atoms with E-state index in [9.17, 15) is 4.79 Å². The molecule has 2 unspecified atom stereocenters. The molecule has 0 saturated carbocycles. The highest BCUT2D eigenvalue weighted by molar-refractivity contribution is 5.84. The van der Waals surface area contributed by atoms with Crippen LogP contribution in [0.15, 0.2) is 24.3 Å². The fraction of sp³-hybridized carbons (Fsp3) is 0.500. The molecular formula is C14H20N2O2. The molecule has 1 heterocycles. The average molecular weight is 248 g/mol. The fourth-order valence-corrected chi connectivity index (χ4v) is 2.28. The molecule has 1 aromatic rings. The number of nitrogens with one attached hydrogen (secondary N) is 1. The Morgan fingerprint density at radius 2 is 2.33 bits per heavy atom. The number of fused-ring (bicyclic) bond motifs is 1. The maximum Gasteiger partial charge on any atom is 0.228 e. The molecule has 0 bridgehead atoms. The van der Waals surface area contributed by atoms with E-state index in [1.54, 1.807) is 0 Å². The molecule has 0 fully saturated rings. The van der Waals surface area contributed by atoms with Gasteiger partial charge in [0.1, 0.15) is 5.75 Å². The molecule has 0 radical (unpaired) electrons. The Balaban J connectivity index is 2.08. The molecule has 1 aromatic carbocycles. The van der Waals surface area contributed by atoms with Gasteiger partial charge in [-0.05, 0) is 32.4 Å². The second-order valence-corrected chi connectivity index (χ2v) is 4.71. The smallest absolute Gasteiger partial charge is 0.228 e. The minimum Gasteiger partial charge on any atom is -0.493 e. The molecule has 0 spiro atoms. The predicted molar refractivity (Wildman–Crippen MR) is 70.6 cm³/mol. The van der Waals surface area contributed by atoms with Crippen LogP contribution in [0.3, 0.4) is 0 Å². The summed E-state index contributed by atoms with van der Waals surface area (Å²) in [5.74, 6) is 0.803. The van der Waals surface area contributed by atoms with E-state index >= 15 is 0 Å². The highest BCUT2D eigenvalue weighted by Crippen LogP contribution is 2.33. The molecule has 18 heavy (non-hydrogen) atoms. The number of para-hydroxylation sites is 1. The summed E-state index contributed by atoms with van der Waals surface area (Å²) in [5.41, 5.74) is 6.48. The summed E-state index contributed by atoms with van der Waals surface area (Å²) >= 11 is 0. The van der Waals surface area contributed by atoms with Crippen molar-refractivity contribution >= 4 is 5.91 Å². The van der Waals surface area contributed by atoms with Crippen molar-refractivity contribution in [1.29, 1.82) is 0 Å². The van der Waals surface area contributed by atoms with Crippen LogP contribution in [0.25, 0.3) is 0 Å². The van der Waals surface area contributed by atoms with Gasteiger partial charge in [0.2, 0.25) is 5.91 Å². The summed E-state index contributed by atoms with van der Waals surface area (Å²) in [4.78, 5) is 12.2. The summed E-state index contributed by atoms with van der Waals surface area (Å²) in [6.07, 6.45) is 1.54. The molecule has 98 valence electrons. The molecule has 1 aliphatic rings. The van der Waals surface area contributed by atoms with E-state index in [0.717, 1.165) is 24.2 Å². The van der Waals surface area contributed by atoms with Crippen molar-refractivity contribution in [2.24, 2.45) is 5.73 Å². The van der Waals surface area contributed by atoms with E-state index in [4.69, 9.17) is 10.5 Å². The fourth-order valence-electron chi connectivity index (χ4n) is 2.28. The van der Waals surface area contributed by atoms with Crippen LogP contribution in [0.1, 0.15) is 31.2 Å². The zero-order valence-electron chi connectivity index (χ0n) is 10.7. The number of amides is 1. The molecule has 2 atom stereocenters. The first-order chi connectivity index (χ1) is 8.72. The molecule has 4 nitrogen and oxygen atoms in total. The lowest BCUT2D eigenvalue weighted by molar-refractivity contribution is -0.123. The first-order valence-corrected chi connectivity index (χ1v) is 6.44. The maximum absolute atomic E-state index is 12.2. The van der Waals surface area contributed by atoms with Crippen molar-refractivity contribution in [3.63, 3.8) is 0 Å². The van der Waals surface area contributed by atoms with Gasteiger partial charge in [0, 0.05) is 11.6 Å². The molecule has 0 aromatic heterocycles. The molecular weight excluding hydrogens is 228 g/mol. The van der Waals surface area contributed by atoms with E-state index < -0.39 is 0 Å². The van der Waals surface area contributed by atoms with Crippen molar-refractivity contribution in [2.45, 2.75) is 31.7 Å². The van der Waals surface area contributed by atoms with E-state index in [0.29, 0.717) is 13.2 Å². The van der Waals surface area contributed by atoms with Crippen LogP contribution in [-0.4, -0.2) is 25.1 Å². The Kier molecular flexibility index (Phi) is 4.20. The quantitative estimate of drug-likeness (QED) is 0.846. The van der Waals surface area contributed by atoms with Crippen LogP contribution in [-0.2, 0) is 4.79 Å². The number of hydrogen-bond donors (Lipinski definition) is 2. The van der Waals surface area contributed by atoms with Crippen LogP contribution in [0, 0.1) is 0 Å². The lowest BCUT2D eigenvalue weighted by Gasteiger charge is -2.26. The number of ether oxygens (including phenoxy) is 1. The number of hydrogen-bond acceptors (Lipinski definition) is 3. The number of benzene rings is 1. The van der Waals surface area contributed by atoms with E-state index in [2.05, 4.69) is 5.32 Å². The summed E-state index contributed by atoms with van der Waals surface area (Å²) < 4.78 is 5.56. The van der Waals surface area contributed by atoms with Crippen LogP contribution in [0.2, 0.25) is 0 Å². The molecule has 3 N–H and O–H groups in total. The van der Waals surface area contributed by atoms with Gasteiger partial charge in [-0.15, -0.1) is 0 Å². The van der Waals surface area contributed by atoms with E-state index in [1.807, 2.05) is 31.2 Å². The van der Waals surface area contributed by atoms with Crippen molar-refractivity contribution in [3.05, 3.63) is 29.8 Å². The second kappa shape index (κ2) is 5.87. The Morgan fingerprint density at radius 1 is 1.56 bits per heavy atom. The predicted octanol–water partition coefficient (Wildman–Crippen LogP) is 1.41. The number of carbonyl (C=O) groups excluding carboxylic acids is 1. The standard InChI is InChI=1S/C14H20N2O2/c1-10(6-8-15)16-14(17)12-7-9-18-13-5-3-2-4-11(12)13/h2-5,10,12H,6-9,15H2,1H3,(H,16,17). The Hall–Kier alpha value is -1.55. The summed E-state index contributed by atoms with van der Waals surface area (Å²) in [7, 11) is 0. The first-order valence-electron chi connectivity index (χ1n) is 6.44. The molecule has 2 rings (SSSR count). The zero-order chi connectivity index (χ0) is 13.0. The highest BCUT2D eigenvalue weighted by atomic mass is 16.5. The van der Waals surface area contributed by atoms with Gasteiger partial charge >= 0.3 is 0 Å². The highest BCUT2D eigenvalue weighted by Gasteiger charge is 2.27. The third-order valence-electron chi connectivity index (χ3n) is 3.26. The summed E-state index contributed by atoms with van der Waals surface area (Å²) in [5, 5.41) is 3.02. The third kappa shape index (κ3) is 2.82. The minimum absolute atomic E-state index is 0.0756. The van der Waals surface area contributed by atoms with Gasteiger partial charge in [0.15, 0.2) is 0 Å². The van der Waals surface area contributed by atoms with Crippen LogP contribution < -0.4 is 15.8 Å². The molecule has 0 saturated heterocycles. The Labute approximate surface area is 108 Å². The molecule has 1 aliphatic heterocycles. The van der Waals surface area contributed by atoms with Gasteiger partial charge in [-0.3, -0.25) is 4.79 Å². The maximum atomic E-state index is 12.2. The first kappa shape index (κ1) is 12.9. The number of carbonyl (C=O) groups is 1. The molecule has 4 heteroatoms. The van der Waals surface area contributed by atoms with Crippen LogP contribution in [0.5, 0.6) is 5.75 Å². The van der Waals surface area contributed by atoms with E-state index in [-0.39, 0.29) is 17.9 Å². The van der Waals surface area contributed by atoms with Gasteiger partial charge in [-0.25, -0.2) is 0 Å². The lowest BCUT2D eigenvalue weighted by atomic mass is 9.92. The minimum atomic E-state index is -0.102. The van der Waals surface area contributed by atoms with Gasteiger partial charge in [0.25, 0.3) is 0 Å².